The lowest BCUT2D eigenvalue weighted by molar-refractivity contribution is 0.498. The van der Waals surface area contributed by atoms with Crippen molar-refractivity contribution in [2.45, 2.75) is 19.3 Å². The fourth-order valence-electron chi connectivity index (χ4n) is 0.607. The Morgan fingerprint density at radius 3 is 2.27 bits per heavy atom. The first kappa shape index (κ1) is 10.9. The Kier molecular flexibility index (Phi) is 5.47. The summed E-state index contributed by atoms with van der Waals surface area (Å²) in [5.74, 6) is 0.846. The Labute approximate surface area is 69.5 Å². The Balaban J connectivity index is 3.30. The molecule has 0 fully saturated rings. The summed E-state index contributed by atoms with van der Waals surface area (Å²) in [6.07, 6.45) is 3.13. The van der Waals surface area contributed by atoms with Gasteiger partial charge in [0.25, 0.3) is 0 Å². The molecule has 0 bridgehead atoms. The van der Waals surface area contributed by atoms with Crippen LogP contribution in [-0.2, 0) is 0 Å². The SMILES string of the molecule is F[B-](F)(F)/C=C/CCCCCl. The summed E-state index contributed by atoms with van der Waals surface area (Å²) in [5, 5.41) is 0. The molecule has 0 aliphatic carbocycles. The smallest absolute Gasteiger partial charge is 0.445 e. The molecule has 0 N–H and O–H groups in total. The van der Waals surface area contributed by atoms with Crippen molar-refractivity contribution in [3.63, 3.8) is 0 Å². The molecule has 0 aromatic carbocycles. The third kappa shape index (κ3) is 9.88. The van der Waals surface area contributed by atoms with Crippen molar-refractivity contribution in [1.29, 1.82) is 0 Å². The zero-order valence-electron chi connectivity index (χ0n) is 6.07. The van der Waals surface area contributed by atoms with Crippen molar-refractivity contribution in [3.05, 3.63) is 12.1 Å². The van der Waals surface area contributed by atoms with E-state index >= 15 is 0 Å². The number of halogens is 4. The number of hydrogen-bond donors (Lipinski definition) is 0. The zero-order chi connectivity index (χ0) is 8.74. The molecule has 0 aromatic rings. The highest BCUT2D eigenvalue weighted by Gasteiger charge is 2.16. The van der Waals surface area contributed by atoms with Gasteiger partial charge >= 0.3 is 6.98 Å². The van der Waals surface area contributed by atoms with Crippen LogP contribution in [0.4, 0.5) is 12.9 Å². The number of unbranched alkanes of at least 4 members (excludes halogenated alkanes) is 2. The molecule has 0 unspecified atom stereocenters. The van der Waals surface area contributed by atoms with E-state index in [1.54, 1.807) is 0 Å². The van der Waals surface area contributed by atoms with Crippen LogP contribution in [0.15, 0.2) is 12.1 Å². The van der Waals surface area contributed by atoms with E-state index in [4.69, 9.17) is 11.6 Å². The van der Waals surface area contributed by atoms with Gasteiger partial charge in [-0.1, -0.05) is 0 Å². The van der Waals surface area contributed by atoms with Gasteiger partial charge in [0.05, 0.1) is 0 Å². The van der Waals surface area contributed by atoms with E-state index in [0.717, 1.165) is 18.9 Å². The molecule has 5 heteroatoms. The molecule has 0 spiro atoms. The first-order valence-corrected chi connectivity index (χ1v) is 4.03. The molecule has 0 aromatic heterocycles. The molecule has 0 saturated carbocycles. The predicted molar refractivity (Wildman–Crippen MR) is 42.8 cm³/mol. The molecular weight excluding hydrogens is 175 g/mol. The maximum absolute atomic E-state index is 11.5. The van der Waals surface area contributed by atoms with Gasteiger partial charge in [-0.3, -0.25) is 0 Å². The number of allylic oxidation sites excluding steroid dienone is 1. The van der Waals surface area contributed by atoms with E-state index < -0.39 is 6.98 Å². The Morgan fingerprint density at radius 2 is 1.82 bits per heavy atom. The molecule has 0 amide bonds. The molecule has 0 saturated heterocycles. The van der Waals surface area contributed by atoms with Gasteiger partial charge in [-0.2, -0.15) is 0 Å². The quantitative estimate of drug-likeness (QED) is 0.350. The highest BCUT2D eigenvalue weighted by molar-refractivity contribution is 6.64. The monoisotopic (exact) mass is 185 g/mol. The molecule has 0 nitrogen and oxygen atoms in total. The molecule has 0 radical (unpaired) electrons. The largest absolute Gasteiger partial charge is 0.502 e. The lowest BCUT2D eigenvalue weighted by Crippen LogP contribution is -2.09. The number of alkyl halides is 1. The van der Waals surface area contributed by atoms with Crippen LogP contribution in [0.2, 0.25) is 0 Å². The van der Waals surface area contributed by atoms with Gasteiger partial charge in [0.1, 0.15) is 0 Å². The Bertz CT molecular complexity index is 121. The Morgan fingerprint density at radius 1 is 1.18 bits per heavy atom. The second-order valence-electron chi connectivity index (χ2n) is 2.24. The van der Waals surface area contributed by atoms with Crippen molar-refractivity contribution in [2.24, 2.45) is 0 Å². The van der Waals surface area contributed by atoms with Gasteiger partial charge < -0.3 is 12.9 Å². The van der Waals surface area contributed by atoms with Crippen LogP contribution < -0.4 is 0 Å². The fraction of sp³-hybridized carbons (Fsp3) is 0.667. The third-order valence-corrected chi connectivity index (χ3v) is 1.38. The van der Waals surface area contributed by atoms with Gasteiger partial charge in [-0.15, -0.1) is 23.7 Å². The van der Waals surface area contributed by atoms with Crippen LogP contribution in [0.5, 0.6) is 0 Å². The molecule has 0 heterocycles. The summed E-state index contributed by atoms with van der Waals surface area (Å²) in [5.41, 5.74) is 0. The number of rotatable bonds is 5. The molecule has 0 aliphatic rings. The molecule has 11 heavy (non-hydrogen) atoms. The maximum atomic E-state index is 11.5. The summed E-state index contributed by atoms with van der Waals surface area (Å²) in [7, 11) is 0. The van der Waals surface area contributed by atoms with Crippen LogP contribution in [0.1, 0.15) is 19.3 Å². The zero-order valence-corrected chi connectivity index (χ0v) is 6.83. The maximum Gasteiger partial charge on any atom is 0.502 e. The van der Waals surface area contributed by atoms with Crippen LogP contribution >= 0.6 is 11.6 Å². The summed E-state index contributed by atoms with van der Waals surface area (Å²) in [4.78, 5) is 0. The van der Waals surface area contributed by atoms with Crippen molar-refractivity contribution in [3.8, 4) is 0 Å². The minimum Gasteiger partial charge on any atom is -0.445 e. The van der Waals surface area contributed by atoms with Crippen molar-refractivity contribution >= 4 is 18.6 Å². The van der Waals surface area contributed by atoms with Crippen molar-refractivity contribution < 1.29 is 12.9 Å². The van der Waals surface area contributed by atoms with Gasteiger partial charge in [0.15, 0.2) is 0 Å². The minimum atomic E-state index is -4.74. The molecule has 0 aliphatic heterocycles. The highest BCUT2D eigenvalue weighted by Crippen LogP contribution is 2.10. The first-order chi connectivity index (χ1) is 5.06. The van der Waals surface area contributed by atoms with Crippen molar-refractivity contribution in [2.75, 3.05) is 5.88 Å². The van der Waals surface area contributed by atoms with E-state index in [1.807, 2.05) is 0 Å². The van der Waals surface area contributed by atoms with Gasteiger partial charge in [-0.05, 0) is 19.3 Å². The average molecular weight is 185 g/mol. The molecule has 0 rings (SSSR count). The molecule has 0 atom stereocenters. The number of hydrogen-bond acceptors (Lipinski definition) is 0. The third-order valence-electron chi connectivity index (χ3n) is 1.11. The van der Waals surface area contributed by atoms with E-state index in [-0.39, 0.29) is 0 Å². The first-order valence-electron chi connectivity index (χ1n) is 3.50. The lowest BCUT2D eigenvalue weighted by atomic mass is 9.91. The van der Waals surface area contributed by atoms with Crippen LogP contribution in [0, 0.1) is 0 Å². The van der Waals surface area contributed by atoms with Crippen LogP contribution in [0.3, 0.4) is 0 Å². The summed E-state index contributed by atoms with van der Waals surface area (Å²) in [6, 6.07) is 0. The highest BCUT2D eigenvalue weighted by atomic mass is 35.5. The van der Waals surface area contributed by atoms with E-state index in [2.05, 4.69) is 0 Å². The predicted octanol–water partition coefficient (Wildman–Crippen LogP) is 3.34. The second kappa shape index (κ2) is 5.52. The summed E-state index contributed by atoms with van der Waals surface area (Å²) >= 11 is 5.33. The lowest BCUT2D eigenvalue weighted by Gasteiger charge is -2.05. The topological polar surface area (TPSA) is 0 Å². The molecular formula is C6H10BClF3-. The van der Waals surface area contributed by atoms with Gasteiger partial charge in [-0.25, -0.2) is 0 Å². The average Bonchev–Trinajstić information content (AvgIpc) is 1.85. The summed E-state index contributed by atoms with van der Waals surface area (Å²) < 4.78 is 34.5. The molecule has 66 valence electrons. The second-order valence-corrected chi connectivity index (χ2v) is 2.62. The normalized spacial score (nSPS) is 12.7. The standard InChI is InChI=1S/C6H10BClF3/c8-6-4-2-1-3-5-7(9,10)11/h3,5H,1-2,4,6H2/q-1/b5-3+. The summed E-state index contributed by atoms with van der Waals surface area (Å²) in [6.45, 7) is -4.74. The van der Waals surface area contributed by atoms with E-state index in [0.29, 0.717) is 18.3 Å². The van der Waals surface area contributed by atoms with Crippen LogP contribution in [-0.4, -0.2) is 12.9 Å². The van der Waals surface area contributed by atoms with Gasteiger partial charge in [0, 0.05) is 5.88 Å². The van der Waals surface area contributed by atoms with Crippen LogP contribution in [0.25, 0.3) is 0 Å². The van der Waals surface area contributed by atoms with E-state index in [9.17, 15) is 12.9 Å². The minimum absolute atomic E-state index is 0.328. The Hall–Kier alpha value is -0.115. The van der Waals surface area contributed by atoms with Crippen molar-refractivity contribution in [1.82, 2.24) is 0 Å². The van der Waals surface area contributed by atoms with Gasteiger partial charge in [0.2, 0.25) is 0 Å². The van der Waals surface area contributed by atoms with E-state index in [1.165, 1.54) is 0 Å². The fourth-order valence-corrected chi connectivity index (χ4v) is 0.796.